The summed E-state index contributed by atoms with van der Waals surface area (Å²) in [5.74, 6) is -0.929. The summed E-state index contributed by atoms with van der Waals surface area (Å²) >= 11 is 0. The number of aryl methyl sites for hydroxylation is 1. The first kappa shape index (κ1) is 28.9. The van der Waals surface area contributed by atoms with Crippen LogP contribution in [0.4, 0.5) is 0 Å². The molecule has 2 aromatic rings. The summed E-state index contributed by atoms with van der Waals surface area (Å²) in [5.41, 5.74) is 5.68. The quantitative estimate of drug-likeness (QED) is 0.347. The van der Waals surface area contributed by atoms with Crippen molar-refractivity contribution in [2.45, 2.75) is 85.1 Å². The Kier molecular flexibility index (Phi) is 8.90. The summed E-state index contributed by atoms with van der Waals surface area (Å²) in [6.07, 6.45) is 3.30. The molecular formula is C28H41N3O5S. The molecule has 0 spiro atoms. The Hall–Kier alpha value is -2.65. The molecule has 8 nitrogen and oxygen atoms in total. The van der Waals surface area contributed by atoms with Gasteiger partial charge in [0.2, 0.25) is 10.0 Å². The number of rotatable bonds is 10. The standard InChI is InChI=1S/C28H41N3O5S/c1-8-23(29-36-7)27-22(20(3)31(18-26(32)33)24(27)17-28(4,5)6)16-21-19(2)12-11-13-25(21)37(34,35)30-14-9-10-15-30/h11-13H,8-10,14-18H2,1-7H3,(H,32,33)/b29-23+. The van der Waals surface area contributed by atoms with Crippen molar-refractivity contribution in [3.05, 3.63) is 51.8 Å². The smallest absolute Gasteiger partial charge is 0.323 e. The number of sulfonamides is 1. The van der Waals surface area contributed by atoms with Crippen molar-refractivity contribution in [2.75, 3.05) is 20.2 Å². The minimum Gasteiger partial charge on any atom is -0.480 e. The number of hydrogen-bond donors (Lipinski definition) is 1. The van der Waals surface area contributed by atoms with Crippen molar-refractivity contribution in [3.63, 3.8) is 0 Å². The summed E-state index contributed by atoms with van der Waals surface area (Å²) in [5, 5.41) is 14.1. The van der Waals surface area contributed by atoms with Gasteiger partial charge < -0.3 is 14.5 Å². The highest BCUT2D eigenvalue weighted by Crippen LogP contribution is 2.35. The van der Waals surface area contributed by atoms with E-state index >= 15 is 0 Å². The van der Waals surface area contributed by atoms with Crippen LogP contribution < -0.4 is 0 Å². The SMILES string of the molecule is CC/C(=N\OC)c1c(Cc2c(C)cccc2S(=O)(=O)N2CCCC2)c(C)n(CC(=O)O)c1CC(C)(C)C. The average molecular weight is 532 g/mol. The molecule has 0 atom stereocenters. The first-order valence-electron chi connectivity index (χ1n) is 12.9. The van der Waals surface area contributed by atoms with Crippen LogP contribution in [-0.2, 0) is 39.0 Å². The van der Waals surface area contributed by atoms with Gasteiger partial charge in [0.1, 0.15) is 13.7 Å². The van der Waals surface area contributed by atoms with E-state index in [0.29, 0.717) is 37.2 Å². The van der Waals surface area contributed by atoms with Gasteiger partial charge in [-0.1, -0.05) is 45.0 Å². The molecule has 0 unspecified atom stereocenters. The summed E-state index contributed by atoms with van der Waals surface area (Å²) in [7, 11) is -2.15. The number of nitrogens with zero attached hydrogens (tertiary/aromatic N) is 3. The third-order valence-electron chi connectivity index (χ3n) is 6.98. The molecular weight excluding hydrogens is 490 g/mol. The number of carboxylic acids is 1. The van der Waals surface area contributed by atoms with E-state index < -0.39 is 16.0 Å². The van der Waals surface area contributed by atoms with E-state index in [1.54, 1.807) is 16.4 Å². The van der Waals surface area contributed by atoms with Crippen LogP contribution >= 0.6 is 0 Å². The number of aromatic nitrogens is 1. The number of oxime groups is 1. The first-order valence-corrected chi connectivity index (χ1v) is 14.4. The highest BCUT2D eigenvalue weighted by atomic mass is 32.2. The summed E-state index contributed by atoms with van der Waals surface area (Å²) in [6.45, 7) is 13.1. The number of hydrogen-bond acceptors (Lipinski definition) is 5. The number of carboxylic acid groups (broad SMARTS) is 1. The third-order valence-corrected chi connectivity index (χ3v) is 8.96. The maximum absolute atomic E-state index is 13.7. The van der Waals surface area contributed by atoms with Crippen LogP contribution in [0.25, 0.3) is 0 Å². The van der Waals surface area contributed by atoms with Gasteiger partial charge in [0, 0.05) is 36.5 Å². The molecule has 0 bridgehead atoms. The zero-order chi connectivity index (χ0) is 27.5. The second-order valence-electron chi connectivity index (χ2n) is 11.0. The summed E-state index contributed by atoms with van der Waals surface area (Å²) in [6, 6.07) is 5.42. The van der Waals surface area contributed by atoms with Crippen LogP contribution in [-0.4, -0.2) is 54.3 Å². The number of benzene rings is 1. The largest absolute Gasteiger partial charge is 0.480 e. The Morgan fingerprint density at radius 3 is 2.32 bits per heavy atom. The van der Waals surface area contributed by atoms with Gasteiger partial charge >= 0.3 is 5.97 Å². The minimum absolute atomic E-state index is 0.119. The molecule has 1 aromatic heterocycles. The van der Waals surface area contributed by atoms with Crippen molar-refractivity contribution in [1.29, 1.82) is 0 Å². The van der Waals surface area contributed by atoms with Gasteiger partial charge in [0.15, 0.2) is 0 Å². The molecule has 1 saturated heterocycles. The molecule has 0 radical (unpaired) electrons. The van der Waals surface area contributed by atoms with Crippen molar-refractivity contribution in [2.24, 2.45) is 10.6 Å². The fraction of sp³-hybridized carbons (Fsp3) is 0.571. The molecule has 3 rings (SSSR count). The zero-order valence-corrected chi connectivity index (χ0v) is 24.0. The van der Waals surface area contributed by atoms with Crippen LogP contribution in [0.3, 0.4) is 0 Å². The number of aliphatic carboxylic acids is 1. The molecule has 204 valence electrons. The van der Waals surface area contributed by atoms with Crippen molar-refractivity contribution in [1.82, 2.24) is 8.87 Å². The third kappa shape index (κ3) is 6.26. The van der Waals surface area contributed by atoms with Gasteiger partial charge in [-0.2, -0.15) is 4.31 Å². The summed E-state index contributed by atoms with van der Waals surface area (Å²) in [4.78, 5) is 17.4. The molecule has 2 heterocycles. The normalized spacial score (nSPS) is 15.4. The Morgan fingerprint density at radius 1 is 1.14 bits per heavy atom. The van der Waals surface area contributed by atoms with E-state index in [1.165, 1.54) is 7.11 Å². The van der Waals surface area contributed by atoms with E-state index in [9.17, 15) is 18.3 Å². The van der Waals surface area contributed by atoms with Gasteiger partial charge in [-0.05, 0) is 67.7 Å². The highest BCUT2D eigenvalue weighted by molar-refractivity contribution is 7.89. The van der Waals surface area contributed by atoms with Crippen molar-refractivity contribution in [3.8, 4) is 0 Å². The Balaban J connectivity index is 2.31. The molecule has 37 heavy (non-hydrogen) atoms. The Bertz CT molecular complexity index is 1280. The fourth-order valence-corrected chi connectivity index (χ4v) is 7.05. The lowest BCUT2D eigenvalue weighted by Gasteiger charge is -2.22. The minimum atomic E-state index is -3.65. The topological polar surface area (TPSA) is 101 Å². The molecule has 1 aliphatic heterocycles. The average Bonchev–Trinajstić information content (AvgIpc) is 3.42. The molecule has 1 aromatic carbocycles. The van der Waals surface area contributed by atoms with Gasteiger partial charge in [-0.25, -0.2) is 8.42 Å². The monoisotopic (exact) mass is 531 g/mol. The van der Waals surface area contributed by atoms with E-state index in [1.807, 2.05) is 31.4 Å². The molecule has 1 N–H and O–H groups in total. The van der Waals surface area contributed by atoms with E-state index in [2.05, 4.69) is 25.9 Å². The van der Waals surface area contributed by atoms with Crippen LogP contribution in [0.5, 0.6) is 0 Å². The van der Waals surface area contributed by atoms with E-state index in [0.717, 1.165) is 52.2 Å². The fourth-order valence-electron chi connectivity index (χ4n) is 5.23. The first-order chi connectivity index (χ1) is 17.3. The molecule has 9 heteroatoms. The number of carbonyl (C=O) groups is 1. The predicted molar refractivity (Wildman–Crippen MR) is 146 cm³/mol. The van der Waals surface area contributed by atoms with E-state index in [4.69, 9.17) is 4.84 Å². The molecule has 0 saturated carbocycles. The van der Waals surface area contributed by atoms with Crippen molar-refractivity contribution < 1.29 is 23.2 Å². The Morgan fingerprint density at radius 2 is 1.78 bits per heavy atom. The van der Waals surface area contributed by atoms with Crippen LogP contribution in [0.1, 0.15) is 80.6 Å². The van der Waals surface area contributed by atoms with E-state index in [-0.39, 0.29) is 12.0 Å². The van der Waals surface area contributed by atoms with Gasteiger partial charge in [0.25, 0.3) is 0 Å². The predicted octanol–water partition coefficient (Wildman–Crippen LogP) is 4.91. The lowest BCUT2D eigenvalue weighted by atomic mass is 9.86. The summed E-state index contributed by atoms with van der Waals surface area (Å²) < 4.78 is 30.8. The van der Waals surface area contributed by atoms with Gasteiger partial charge in [-0.15, -0.1) is 0 Å². The lowest BCUT2D eigenvalue weighted by molar-refractivity contribution is -0.137. The molecule has 1 aliphatic rings. The molecule has 0 amide bonds. The highest BCUT2D eigenvalue weighted by Gasteiger charge is 2.32. The van der Waals surface area contributed by atoms with Crippen molar-refractivity contribution >= 4 is 21.7 Å². The van der Waals surface area contributed by atoms with Crippen LogP contribution in [0.2, 0.25) is 0 Å². The van der Waals surface area contributed by atoms with Gasteiger partial charge in [0.05, 0.1) is 10.6 Å². The zero-order valence-electron chi connectivity index (χ0n) is 23.2. The van der Waals surface area contributed by atoms with Crippen LogP contribution in [0, 0.1) is 19.3 Å². The second kappa shape index (κ2) is 11.4. The molecule has 1 fully saturated rings. The Labute approximate surface area is 221 Å². The maximum atomic E-state index is 13.7. The maximum Gasteiger partial charge on any atom is 0.323 e. The second-order valence-corrected chi connectivity index (χ2v) is 12.9. The molecule has 0 aliphatic carbocycles. The van der Waals surface area contributed by atoms with Crippen LogP contribution in [0.15, 0.2) is 28.3 Å². The van der Waals surface area contributed by atoms with Gasteiger partial charge in [-0.3, -0.25) is 4.79 Å². The lowest BCUT2D eigenvalue weighted by Crippen LogP contribution is -2.29.